The number of benzene rings is 3. The molecular formula is C23H14ClFN4O2. The van der Waals surface area contributed by atoms with Gasteiger partial charge in [0, 0.05) is 21.5 Å². The number of nitrogens with zero attached hydrogens (tertiary/aromatic N) is 4. The van der Waals surface area contributed by atoms with Crippen molar-refractivity contribution in [1.82, 2.24) is 19.2 Å². The minimum absolute atomic E-state index is 0.164. The molecule has 0 amide bonds. The van der Waals surface area contributed by atoms with Gasteiger partial charge in [0.05, 0.1) is 12.1 Å². The van der Waals surface area contributed by atoms with Gasteiger partial charge in [0.1, 0.15) is 5.82 Å². The second kappa shape index (κ2) is 7.45. The summed E-state index contributed by atoms with van der Waals surface area (Å²) in [5.41, 5.74) is 1.48. The van der Waals surface area contributed by atoms with Gasteiger partial charge in [-0.1, -0.05) is 23.7 Å². The molecule has 5 rings (SSSR count). The number of ketones is 1. The molecule has 3 aromatic carbocycles. The standard InChI is InChI=1S/C23H14ClFN4O2/c24-16-9-5-14(6-10-16)20(30)13-28-19-4-2-1-3-18(19)22-26-21(27-29(22)23(28)31)15-7-11-17(25)12-8-15/h1-12H,13H2. The van der Waals surface area contributed by atoms with Crippen LogP contribution in [0, 0.1) is 5.82 Å². The molecule has 0 saturated carbocycles. The molecule has 0 radical (unpaired) electrons. The molecule has 152 valence electrons. The topological polar surface area (TPSA) is 69.3 Å². The first-order chi connectivity index (χ1) is 15.0. The van der Waals surface area contributed by atoms with E-state index in [9.17, 15) is 14.0 Å². The average molecular weight is 433 g/mol. The Morgan fingerprint density at radius 2 is 1.68 bits per heavy atom. The fourth-order valence-corrected chi connectivity index (χ4v) is 3.61. The third-order valence-corrected chi connectivity index (χ3v) is 5.28. The van der Waals surface area contributed by atoms with Gasteiger partial charge in [0.15, 0.2) is 17.3 Å². The largest absolute Gasteiger partial charge is 0.351 e. The molecule has 0 aliphatic heterocycles. The van der Waals surface area contributed by atoms with Gasteiger partial charge in [-0.25, -0.2) is 14.2 Å². The van der Waals surface area contributed by atoms with Crippen LogP contribution >= 0.6 is 11.6 Å². The van der Waals surface area contributed by atoms with Gasteiger partial charge in [-0.2, -0.15) is 4.52 Å². The summed E-state index contributed by atoms with van der Waals surface area (Å²) in [5, 5.41) is 5.53. The van der Waals surface area contributed by atoms with Gasteiger partial charge >= 0.3 is 5.69 Å². The highest BCUT2D eigenvalue weighted by atomic mass is 35.5. The van der Waals surface area contributed by atoms with Crippen LogP contribution in [0.4, 0.5) is 4.39 Å². The number of rotatable bonds is 4. The van der Waals surface area contributed by atoms with Crippen molar-refractivity contribution in [3.05, 3.63) is 99.7 Å². The molecule has 0 atom stereocenters. The van der Waals surface area contributed by atoms with Crippen LogP contribution in [0.15, 0.2) is 77.6 Å². The number of carbonyl (C=O) groups excluding carboxylic acids is 1. The van der Waals surface area contributed by atoms with Crippen molar-refractivity contribution >= 4 is 33.9 Å². The number of halogens is 2. The molecule has 0 unspecified atom stereocenters. The highest BCUT2D eigenvalue weighted by Crippen LogP contribution is 2.22. The first-order valence-electron chi connectivity index (χ1n) is 9.44. The molecular weight excluding hydrogens is 419 g/mol. The van der Waals surface area contributed by atoms with Gasteiger partial charge in [-0.05, 0) is 60.7 Å². The molecule has 6 nitrogen and oxygen atoms in total. The quantitative estimate of drug-likeness (QED) is 0.395. The van der Waals surface area contributed by atoms with E-state index in [4.69, 9.17) is 11.6 Å². The van der Waals surface area contributed by atoms with Gasteiger partial charge in [-0.15, -0.1) is 5.10 Å². The predicted octanol–water partition coefficient (Wildman–Crippen LogP) is 4.39. The number of fused-ring (bicyclic) bond motifs is 3. The third-order valence-electron chi connectivity index (χ3n) is 5.03. The minimum Gasteiger partial charge on any atom is -0.292 e. The molecule has 0 bridgehead atoms. The molecule has 8 heteroatoms. The fraction of sp³-hybridized carbons (Fsp3) is 0.0435. The van der Waals surface area contributed by atoms with Crippen LogP contribution in [-0.2, 0) is 6.54 Å². The number of hydrogen-bond donors (Lipinski definition) is 0. The van der Waals surface area contributed by atoms with Crippen LogP contribution in [0.5, 0.6) is 0 Å². The Labute approximate surface area is 180 Å². The first-order valence-corrected chi connectivity index (χ1v) is 9.82. The number of Topliss-reactive ketones (excluding diaryl/α,β-unsaturated/α-hetero) is 1. The molecule has 2 aromatic heterocycles. The minimum atomic E-state index is -0.489. The Morgan fingerprint density at radius 3 is 2.42 bits per heavy atom. The Balaban J connectivity index is 1.68. The normalized spacial score (nSPS) is 11.3. The molecule has 0 aliphatic rings. The Bertz CT molecular complexity index is 1510. The SMILES string of the molecule is O=C(Cn1c(=O)n2nc(-c3ccc(F)cc3)nc2c2ccccc21)c1ccc(Cl)cc1. The van der Waals surface area contributed by atoms with Crippen molar-refractivity contribution in [1.29, 1.82) is 0 Å². The summed E-state index contributed by atoms with van der Waals surface area (Å²) >= 11 is 5.90. The summed E-state index contributed by atoms with van der Waals surface area (Å²) in [4.78, 5) is 30.6. The molecule has 0 aliphatic carbocycles. The molecule has 5 aromatic rings. The summed E-state index contributed by atoms with van der Waals surface area (Å²) < 4.78 is 15.8. The number of hydrogen-bond acceptors (Lipinski definition) is 4. The van der Waals surface area contributed by atoms with Crippen LogP contribution in [0.1, 0.15) is 10.4 Å². The lowest BCUT2D eigenvalue weighted by Crippen LogP contribution is -2.30. The first kappa shape index (κ1) is 19.1. The molecule has 31 heavy (non-hydrogen) atoms. The number of carbonyl (C=O) groups is 1. The van der Waals surface area contributed by atoms with E-state index < -0.39 is 5.69 Å². The Hall–Kier alpha value is -3.84. The Morgan fingerprint density at radius 1 is 0.968 bits per heavy atom. The van der Waals surface area contributed by atoms with Crippen LogP contribution < -0.4 is 5.69 Å². The zero-order valence-electron chi connectivity index (χ0n) is 16.0. The van der Waals surface area contributed by atoms with Crippen molar-refractivity contribution in [2.75, 3.05) is 0 Å². The highest BCUT2D eigenvalue weighted by Gasteiger charge is 2.18. The third kappa shape index (κ3) is 3.39. The van der Waals surface area contributed by atoms with E-state index in [2.05, 4.69) is 10.1 Å². The maximum atomic E-state index is 13.3. The molecule has 0 saturated heterocycles. The van der Waals surface area contributed by atoms with Crippen LogP contribution in [0.25, 0.3) is 27.9 Å². The number of para-hydroxylation sites is 1. The van der Waals surface area contributed by atoms with Gasteiger partial charge in [-0.3, -0.25) is 9.36 Å². The zero-order chi connectivity index (χ0) is 21.5. The fourth-order valence-electron chi connectivity index (χ4n) is 3.48. The van der Waals surface area contributed by atoms with E-state index in [1.807, 2.05) is 12.1 Å². The van der Waals surface area contributed by atoms with E-state index in [0.717, 1.165) is 0 Å². The second-order valence-corrected chi connectivity index (χ2v) is 7.43. The second-order valence-electron chi connectivity index (χ2n) is 6.99. The maximum absolute atomic E-state index is 13.3. The van der Waals surface area contributed by atoms with Gasteiger partial charge in [0.2, 0.25) is 0 Å². The van der Waals surface area contributed by atoms with Crippen LogP contribution in [0.2, 0.25) is 5.02 Å². The zero-order valence-corrected chi connectivity index (χ0v) is 16.8. The van der Waals surface area contributed by atoms with Crippen molar-refractivity contribution < 1.29 is 9.18 Å². The van der Waals surface area contributed by atoms with Gasteiger partial charge in [0.25, 0.3) is 0 Å². The van der Waals surface area contributed by atoms with Crippen molar-refractivity contribution in [2.24, 2.45) is 0 Å². The van der Waals surface area contributed by atoms with Crippen LogP contribution in [-0.4, -0.2) is 24.9 Å². The summed E-state index contributed by atoms with van der Waals surface area (Å²) in [6.45, 7) is -0.164. The molecule has 2 heterocycles. The summed E-state index contributed by atoms with van der Waals surface area (Å²) in [7, 11) is 0. The van der Waals surface area contributed by atoms with Crippen molar-refractivity contribution in [3.63, 3.8) is 0 Å². The molecule has 0 spiro atoms. The van der Waals surface area contributed by atoms with Gasteiger partial charge < -0.3 is 0 Å². The summed E-state index contributed by atoms with van der Waals surface area (Å²) in [5.74, 6) is -0.313. The Kier molecular flexibility index (Phi) is 4.60. The maximum Gasteiger partial charge on any atom is 0.351 e. The van der Waals surface area contributed by atoms with E-state index in [-0.39, 0.29) is 18.1 Å². The smallest absolute Gasteiger partial charge is 0.292 e. The highest BCUT2D eigenvalue weighted by molar-refractivity contribution is 6.30. The average Bonchev–Trinajstić information content (AvgIpc) is 3.23. The predicted molar refractivity (Wildman–Crippen MR) is 116 cm³/mol. The van der Waals surface area contributed by atoms with E-state index in [1.54, 1.807) is 48.5 Å². The summed E-state index contributed by atoms with van der Waals surface area (Å²) in [6, 6.07) is 19.4. The van der Waals surface area contributed by atoms with E-state index in [0.29, 0.717) is 38.5 Å². The van der Waals surface area contributed by atoms with Crippen LogP contribution in [0.3, 0.4) is 0 Å². The van der Waals surface area contributed by atoms with Crippen molar-refractivity contribution in [3.8, 4) is 11.4 Å². The van der Waals surface area contributed by atoms with Crippen molar-refractivity contribution in [2.45, 2.75) is 6.54 Å². The lowest BCUT2D eigenvalue weighted by Gasteiger charge is -2.10. The monoisotopic (exact) mass is 432 g/mol. The van der Waals surface area contributed by atoms with E-state index >= 15 is 0 Å². The summed E-state index contributed by atoms with van der Waals surface area (Å²) in [6.07, 6.45) is 0. The lowest BCUT2D eigenvalue weighted by atomic mass is 10.1. The molecule has 0 N–H and O–H groups in total. The number of aromatic nitrogens is 4. The lowest BCUT2D eigenvalue weighted by molar-refractivity contribution is 0.0971. The van der Waals surface area contributed by atoms with E-state index in [1.165, 1.54) is 21.2 Å². The molecule has 0 fully saturated rings.